The number of rotatable bonds is 4. The number of hydrogen-bond donors (Lipinski definition) is 1. The van der Waals surface area contributed by atoms with Crippen molar-refractivity contribution >= 4 is 12.6 Å². The average Bonchev–Trinajstić information content (AvgIpc) is 1.81. The van der Waals surface area contributed by atoms with Gasteiger partial charge in [0.2, 0.25) is 0 Å². The van der Waals surface area contributed by atoms with E-state index in [4.69, 9.17) is 0 Å². The predicted molar refractivity (Wildman–Crippen MR) is 42.5 cm³/mol. The molecule has 8 heavy (non-hydrogen) atoms. The third-order valence-corrected chi connectivity index (χ3v) is 1.33. The molecule has 0 rings (SSSR count). The van der Waals surface area contributed by atoms with Crippen molar-refractivity contribution in [3.05, 3.63) is 12.2 Å². The van der Waals surface area contributed by atoms with Gasteiger partial charge in [0.1, 0.15) is 0 Å². The summed E-state index contributed by atoms with van der Waals surface area (Å²) in [7, 11) is 0. The van der Waals surface area contributed by atoms with Crippen molar-refractivity contribution in [3.63, 3.8) is 0 Å². The molecule has 0 saturated heterocycles. The Kier molecular flexibility index (Phi) is 7.17. The van der Waals surface area contributed by atoms with Crippen molar-refractivity contribution < 1.29 is 0 Å². The van der Waals surface area contributed by atoms with Crippen LogP contribution in [0.15, 0.2) is 12.2 Å². The highest BCUT2D eigenvalue weighted by Gasteiger charge is 1.78. The number of hydrogen-bond acceptors (Lipinski definition) is 1. The van der Waals surface area contributed by atoms with E-state index in [0.29, 0.717) is 0 Å². The quantitative estimate of drug-likeness (QED) is 0.337. The lowest BCUT2D eigenvalue weighted by Crippen LogP contribution is -1.72. The zero-order valence-corrected chi connectivity index (χ0v) is 6.32. The summed E-state index contributed by atoms with van der Waals surface area (Å²) in [6.07, 6.45) is 8.04. The zero-order valence-electron chi connectivity index (χ0n) is 5.43. The SMILES string of the molecule is C/C=C/CCCCS. The van der Waals surface area contributed by atoms with Gasteiger partial charge >= 0.3 is 0 Å². The Morgan fingerprint density at radius 2 is 2.12 bits per heavy atom. The van der Waals surface area contributed by atoms with Crippen LogP contribution >= 0.6 is 12.6 Å². The van der Waals surface area contributed by atoms with Crippen LogP contribution in [-0.4, -0.2) is 5.75 Å². The van der Waals surface area contributed by atoms with Gasteiger partial charge < -0.3 is 0 Å². The van der Waals surface area contributed by atoms with Crippen molar-refractivity contribution in [1.82, 2.24) is 0 Å². The van der Waals surface area contributed by atoms with Gasteiger partial charge in [0, 0.05) is 0 Å². The van der Waals surface area contributed by atoms with E-state index in [1.54, 1.807) is 0 Å². The van der Waals surface area contributed by atoms with Crippen LogP contribution in [0.4, 0.5) is 0 Å². The minimum Gasteiger partial charge on any atom is -0.179 e. The smallest absolute Gasteiger partial charge is 0.00978 e. The zero-order chi connectivity index (χ0) is 6.24. The summed E-state index contributed by atoms with van der Waals surface area (Å²) in [5.74, 6) is 1.03. The first-order valence-corrected chi connectivity index (χ1v) is 3.77. The molecule has 0 radical (unpaired) electrons. The minimum atomic E-state index is 1.03. The second kappa shape index (κ2) is 7.09. The Hall–Kier alpha value is 0.0900. The molecule has 48 valence electrons. The first kappa shape index (κ1) is 8.09. The third-order valence-electron chi connectivity index (χ3n) is 1.01. The van der Waals surface area contributed by atoms with Crippen LogP contribution in [-0.2, 0) is 0 Å². The van der Waals surface area contributed by atoms with Gasteiger partial charge in [-0.25, -0.2) is 0 Å². The molecule has 0 nitrogen and oxygen atoms in total. The standard InChI is InChI=1S/C7H14S/c1-2-3-4-5-6-7-8/h2-3,8H,4-7H2,1H3/b3-2+. The van der Waals surface area contributed by atoms with Gasteiger partial charge in [-0.05, 0) is 31.9 Å². The predicted octanol–water partition coefficient (Wildman–Crippen LogP) is 2.66. The molecule has 0 N–H and O–H groups in total. The lowest BCUT2D eigenvalue weighted by atomic mass is 10.2. The van der Waals surface area contributed by atoms with Gasteiger partial charge in [-0.1, -0.05) is 12.2 Å². The fraction of sp³-hybridized carbons (Fsp3) is 0.714. The maximum atomic E-state index is 4.10. The lowest BCUT2D eigenvalue weighted by Gasteiger charge is -1.88. The Labute approximate surface area is 57.4 Å². The molecule has 0 saturated carbocycles. The first-order valence-electron chi connectivity index (χ1n) is 3.14. The lowest BCUT2D eigenvalue weighted by molar-refractivity contribution is 0.824. The number of allylic oxidation sites excluding steroid dienone is 2. The molecular weight excluding hydrogens is 116 g/mol. The fourth-order valence-corrected chi connectivity index (χ4v) is 0.764. The van der Waals surface area contributed by atoms with Crippen molar-refractivity contribution in [2.45, 2.75) is 26.2 Å². The molecule has 0 aliphatic rings. The molecule has 0 aliphatic heterocycles. The number of thiol groups is 1. The van der Waals surface area contributed by atoms with Crippen LogP contribution in [0.1, 0.15) is 26.2 Å². The molecule has 0 heterocycles. The molecule has 0 atom stereocenters. The van der Waals surface area contributed by atoms with Gasteiger partial charge in [0.25, 0.3) is 0 Å². The van der Waals surface area contributed by atoms with Crippen molar-refractivity contribution in [2.75, 3.05) is 5.75 Å². The molecule has 0 amide bonds. The Morgan fingerprint density at radius 1 is 1.38 bits per heavy atom. The highest BCUT2D eigenvalue weighted by atomic mass is 32.1. The van der Waals surface area contributed by atoms with Gasteiger partial charge in [-0.2, -0.15) is 12.6 Å². The highest BCUT2D eigenvalue weighted by Crippen LogP contribution is 1.96. The van der Waals surface area contributed by atoms with Crippen molar-refractivity contribution in [3.8, 4) is 0 Å². The van der Waals surface area contributed by atoms with Gasteiger partial charge in [0.05, 0.1) is 0 Å². The van der Waals surface area contributed by atoms with E-state index in [-0.39, 0.29) is 0 Å². The van der Waals surface area contributed by atoms with Gasteiger partial charge in [0.15, 0.2) is 0 Å². The number of unbranched alkanes of at least 4 members (excludes halogenated alkanes) is 2. The van der Waals surface area contributed by atoms with E-state index in [2.05, 4.69) is 31.7 Å². The van der Waals surface area contributed by atoms with Crippen LogP contribution in [0.5, 0.6) is 0 Å². The second-order valence-corrected chi connectivity index (χ2v) is 2.24. The molecule has 0 aromatic rings. The molecule has 0 bridgehead atoms. The van der Waals surface area contributed by atoms with Gasteiger partial charge in [-0.3, -0.25) is 0 Å². The van der Waals surface area contributed by atoms with Crippen LogP contribution < -0.4 is 0 Å². The molecule has 0 fully saturated rings. The van der Waals surface area contributed by atoms with Crippen LogP contribution in [0.2, 0.25) is 0 Å². The summed E-state index contributed by atoms with van der Waals surface area (Å²) in [6, 6.07) is 0. The topological polar surface area (TPSA) is 0 Å². The summed E-state index contributed by atoms with van der Waals surface area (Å²) in [6.45, 7) is 2.06. The Morgan fingerprint density at radius 3 is 2.62 bits per heavy atom. The summed E-state index contributed by atoms with van der Waals surface area (Å²) in [4.78, 5) is 0. The van der Waals surface area contributed by atoms with E-state index in [1.807, 2.05) is 0 Å². The summed E-state index contributed by atoms with van der Waals surface area (Å²) in [5, 5.41) is 0. The van der Waals surface area contributed by atoms with Crippen molar-refractivity contribution in [1.29, 1.82) is 0 Å². The molecule has 1 heteroatoms. The molecule has 0 aromatic carbocycles. The van der Waals surface area contributed by atoms with Crippen molar-refractivity contribution in [2.24, 2.45) is 0 Å². The van der Waals surface area contributed by atoms with E-state index in [1.165, 1.54) is 19.3 Å². The van der Waals surface area contributed by atoms with E-state index in [9.17, 15) is 0 Å². The van der Waals surface area contributed by atoms with E-state index >= 15 is 0 Å². The fourth-order valence-electron chi connectivity index (χ4n) is 0.541. The first-order chi connectivity index (χ1) is 3.91. The van der Waals surface area contributed by atoms with E-state index < -0.39 is 0 Å². The largest absolute Gasteiger partial charge is 0.179 e. The molecule has 0 spiro atoms. The summed E-state index contributed by atoms with van der Waals surface area (Å²) in [5.41, 5.74) is 0. The van der Waals surface area contributed by atoms with E-state index in [0.717, 1.165) is 5.75 Å². The van der Waals surface area contributed by atoms with Gasteiger partial charge in [-0.15, -0.1) is 0 Å². The molecule has 0 unspecified atom stereocenters. The van der Waals surface area contributed by atoms with Crippen LogP contribution in [0.25, 0.3) is 0 Å². The minimum absolute atomic E-state index is 1.03. The summed E-state index contributed by atoms with van der Waals surface area (Å²) < 4.78 is 0. The maximum absolute atomic E-state index is 4.10. The average molecular weight is 130 g/mol. The Bertz CT molecular complexity index is 57.4. The molecule has 0 aromatic heterocycles. The summed E-state index contributed by atoms with van der Waals surface area (Å²) >= 11 is 4.10. The molecular formula is C7H14S. The third kappa shape index (κ3) is 6.09. The monoisotopic (exact) mass is 130 g/mol. The molecule has 0 aliphatic carbocycles. The van der Waals surface area contributed by atoms with Crippen LogP contribution in [0.3, 0.4) is 0 Å². The second-order valence-electron chi connectivity index (χ2n) is 1.79. The highest BCUT2D eigenvalue weighted by molar-refractivity contribution is 7.80. The van der Waals surface area contributed by atoms with Crippen LogP contribution in [0, 0.1) is 0 Å². The maximum Gasteiger partial charge on any atom is -0.00978 e. The Balaban J connectivity index is 2.72. The normalized spacial score (nSPS) is 10.8.